The molecule has 0 spiro atoms. The van der Waals surface area contributed by atoms with Gasteiger partial charge in [-0.2, -0.15) is 0 Å². The van der Waals surface area contributed by atoms with Gasteiger partial charge >= 0.3 is 12.2 Å². The van der Waals surface area contributed by atoms with Crippen LogP contribution in [0.1, 0.15) is 20.8 Å². The van der Waals surface area contributed by atoms with E-state index in [4.69, 9.17) is 4.74 Å². The van der Waals surface area contributed by atoms with Gasteiger partial charge in [0.25, 0.3) is 0 Å². The summed E-state index contributed by atoms with van der Waals surface area (Å²) in [5.41, 5.74) is -0.565. The number of amides is 2. The molecule has 1 fully saturated rings. The summed E-state index contributed by atoms with van der Waals surface area (Å²) in [5, 5.41) is 15.6. The zero-order valence-corrected chi connectivity index (χ0v) is 13.7. The van der Waals surface area contributed by atoms with Crippen LogP contribution in [-0.4, -0.2) is 85.1 Å². The van der Waals surface area contributed by atoms with Gasteiger partial charge in [0.2, 0.25) is 0 Å². The van der Waals surface area contributed by atoms with Gasteiger partial charge < -0.3 is 30.3 Å². The largest absolute Gasteiger partial charge is 0.465 e. The summed E-state index contributed by atoms with van der Waals surface area (Å²) in [5.74, 6) is 0. The molecular weight excluding hydrogens is 288 g/mol. The van der Waals surface area contributed by atoms with Crippen LogP contribution in [0.15, 0.2) is 0 Å². The van der Waals surface area contributed by atoms with Gasteiger partial charge in [-0.1, -0.05) is 0 Å². The predicted molar refractivity (Wildman–Crippen MR) is 83.1 cm³/mol. The fraction of sp³-hybridized carbons (Fsp3) is 0.857. The smallest absolute Gasteiger partial charge is 0.410 e. The molecule has 0 unspecified atom stereocenters. The Kier molecular flexibility index (Phi) is 7.40. The molecule has 22 heavy (non-hydrogen) atoms. The average Bonchev–Trinajstić information content (AvgIpc) is 2.36. The third-order valence-corrected chi connectivity index (χ3v) is 3.16. The molecule has 0 saturated carbocycles. The van der Waals surface area contributed by atoms with E-state index in [-0.39, 0.29) is 6.54 Å². The first-order valence-electron chi connectivity index (χ1n) is 7.67. The molecule has 0 bridgehead atoms. The Morgan fingerprint density at radius 1 is 0.909 bits per heavy atom. The van der Waals surface area contributed by atoms with Gasteiger partial charge in [0.05, 0.1) is 0 Å². The van der Waals surface area contributed by atoms with E-state index in [2.05, 4.69) is 10.6 Å². The van der Waals surface area contributed by atoms with E-state index < -0.39 is 17.8 Å². The van der Waals surface area contributed by atoms with Crippen molar-refractivity contribution in [1.29, 1.82) is 0 Å². The third kappa shape index (κ3) is 7.46. The molecule has 0 aromatic heterocycles. The van der Waals surface area contributed by atoms with Crippen LogP contribution in [0.4, 0.5) is 9.59 Å². The number of rotatable bonds is 0. The maximum Gasteiger partial charge on any atom is 0.410 e. The number of nitrogens with one attached hydrogen (secondary N) is 2. The highest BCUT2D eigenvalue weighted by molar-refractivity contribution is 5.68. The number of hydrogen-bond donors (Lipinski definition) is 3. The molecule has 1 aliphatic rings. The second-order valence-corrected chi connectivity index (χ2v) is 6.24. The van der Waals surface area contributed by atoms with E-state index in [9.17, 15) is 14.7 Å². The summed E-state index contributed by atoms with van der Waals surface area (Å²) in [4.78, 5) is 26.3. The molecule has 0 aromatic carbocycles. The van der Waals surface area contributed by atoms with Crippen molar-refractivity contribution in [3.63, 3.8) is 0 Å². The van der Waals surface area contributed by atoms with Crippen LogP contribution in [0.3, 0.4) is 0 Å². The van der Waals surface area contributed by atoms with Gasteiger partial charge in [0.1, 0.15) is 5.60 Å². The first-order chi connectivity index (χ1) is 10.3. The molecule has 2 amide bonds. The molecule has 8 nitrogen and oxygen atoms in total. The van der Waals surface area contributed by atoms with Gasteiger partial charge in [-0.3, -0.25) is 0 Å². The second-order valence-electron chi connectivity index (χ2n) is 6.24. The molecule has 0 aliphatic carbocycles. The molecule has 128 valence electrons. The van der Waals surface area contributed by atoms with E-state index >= 15 is 0 Å². The highest BCUT2D eigenvalue weighted by atomic mass is 16.6. The van der Waals surface area contributed by atoms with E-state index in [1.165, 1.54) is 4.90 Å². The predicted octanol–water partition coefficient (Wildman–Crippen LogP) is 0.396. The van der Waals surface area contributed by atoms with Crippen LogP contribution in [-0.2, 0) is 4.74 Å². The van der Waals surface area contributed by atoms with Crippen molar-refractivity contribution in [1.82, 2.24) is 20.4 Å². The number of hydrogen-bond acceptors (Lipinski definition) is 5. The number of carbonyl (C=O) groups excluding carboxylic acids is 1. The lowest BCUT2D eigenvalue weighted by molar-refractivity contribution is 0.0233. The van der Waals surface area contributed by atoms with Gasteiger partial charge in [-0.25, -0.2) is 9.59 Å². The van der Waals surface area contributed by atoms with Crippen molar-refractivity contribution in [3.8, 4) is 0 Å². The van der Waals surface area contributed by atoms with Crippen LogP contribution in [0.5, 0.6) is 0 Å². The number of ether oxygens (including phenoxy) is 1. The molecule has 1 saturated heterocycles. The first kappa shape index (κ1) is 18.5. The Morgan fingerprint density at radius 3 is 1.91 bits per heavy atom. The summed E-state index contributed by atoms with van der Waals surface area (Å²) in [6, 6.07) is 0. The molecule has 0 atom stereocenters. The van der Waals surface area contributed by atoms with E-state index in [0.717, 1.165) is 13.1 Å². The first-order valence-corrected chi connectivity index (χ1v) is 7.67. The van der Waals surface area contributed by atoms with Crippen molar-refractivity contribution in [2.24, 2.45) is 0 Å². The van der Waals surface area contributed by atoms with Crippen LogP contribution in [0.25, 0.3) is 0 Å². The molecule has 0 aromatic rings. The summed E-state index contributed by atoms with van der Waals surface area (Å²) in [6.45, 7) is 9.71. The number of nitrogens with zero attached hydrogens (tertiary/aromatic N) is 2. The summed E-state index contributed by atoms with van der Waals surface area (Å²) >= 11 is 0. The Balaban J connectivity index is 2.66. The molecule has 8 heteroatoms. The van der Waals surface area contributed by atoms with E-state index in [0.29, 0.717) is 32.7 Å². The van der Waals surface area contributed by atoms with Crippen LogP contribution in [0.2, 0.25) is 0 Å². The molecule has 0 radical (unpaired) electrons. The lowest BCUT2D eigenvalue weighted by atomic mass is 10.2. The van der Waals surface area contributed by atoms with Crippen molar-refractivity contribution >= 4 is 12.2 Å². The lowest BCUT2D eigenvalue weighted by Gasteiger charge is -2.29. The third-order valence-electron chi connectivity index (χ3n) is 3.16. The van der Waals surface area contributed by atoms with E-state index in [1.54, 1.807) is 4.90 Å². The van der Waals surface area contributed by atoms with Crippen LogP contribution in [0, 0.1) is 0 Å². The van der Waals surface area contributed by atoms with Crippen molar-refractivity contribution in [3.05, 3.63) is 0 Å². The highest BCUT2D eigenvalue weighted by Crippen LogP contribution is 2.10. The van der Waals surface area contributed by atoms with E-state index in [1.807, 2.05) is 20.8 Å². The average molecular weight is 316 g/mol. The topological polar surface area (TPSA) is 94.1 Å². The molecule has 1 rings (SSSR count). The zero-order chi connectivity index (χ0) is 16.6. The number of carbonyl (C=O) groups is 2. The fourth-order valence-electron chi connectivity index (χ4n) is 2.02. The van der Waals surface area contributed by atoms with Gasteiger partial charge in [-0.05, 0) is 20.8 Å². The van der Waals surface area contributed by atoms with Gasteiger partial charge in [0, 0.05) is 52.4 Å². The summed E-state index contributed by atoms with van der Waals surface area (Å²) < 4.78 is 5.38. The fourth-order valence-corrected chi connectivity index (χ4v) is 2.02. The van der Waals surface area contributed by atoms with Crippen molar-refractivity contribution in [2.75, 3.05) is 52.4 Å². The summed E-state index contributed by atoms with van der Waals surface area (Å²) in [6.07, 6.45) is -1.38. The normalized spacial score (nSPS) is 19.0. The highest BCUT2D eigenvalue weighted by Gasteiger charge is 2.23. The lowest BCUT2D eigenvalue weighted by Crippen LogP contribution is -2.47. The quantitative estimate of drug-likeness (QED) is 0.599. The Bertz CT molecular complexity index is 370. The molecule has 1 heterocycles. The maximum atomic E-state index is 12.2. The molecule has 1 aliphatic heterocycles. The monoisotopic (exact) mass is 316 g/mol. The molecule has 3 N–H and O–H groups in total. The zero-order valence-electron chi connectivity index (χ0n) is 13.7. The van der Waals surface area contributed by atoms with Crippen LogP contribution >= 0.6 is 0 Å². The maximum absolute atomic E-state index is 12.2. The Labute approximate surface area is 131 Å². The minimum absolute atomic E-state index is 0.274. The van der Waals surface area contributed by atoms with Crippen LogP contribution < -0.4 is 10.6 Å². The standard InChI is InChI=1S/C14H28N4O4/c1-14(2,3)22-13(21)18-9-7-16-5-4-15-6-8-17(10-11-18)12(19)20/h15-16H,4-11H2,1-3H3,(H,19,20). The van der Waals surface area contributed by atoms with Crippen molar-refractivity contribution < 1.29 is 19.4 Å². The minimum atomic E-state index is -0.971. The second kappa shape index (κ2) is 8.79. The number of carboxylic acid groups (broad SMARTS) is 1. The minimum Gasteiger partial charge on any atom is -0.465 e. The Morgan fingerprint density at radius 2 is 1.41 bits per heavy atom. The summed E-state index contributed by atoms with van der Waals surface area (Å²) in [7, 11) is 0. The van der Waals surface area contributed by atoms with Gasteiger partial charge in [0.15, 0.2) is 0 Å². The molecular formula is C14H28N4O4. The Hall–Kier alpha value is -1.54. The SMILES string of the molecule is CC(C)(C)OC(=O)N1CCNCCNCCN(C(=O)O)CC1. The van der Waals surface area contributed by atoms with Gasteiger partial charge in [-0.15, -0.1) is 0 Å². The van der Waals surface area contributed by atoms with Crippen molar-refractivity contribution in [2.45, 2.75) is 26.4 Å².